The third kappa shape index (κ3) is 4.09. The van der Waals surface area contributed by atoms with Gasteiger partial charge < -0.3 is 0 Å². The summed E-state index contributed by atoms with van der Waals surface area (Å²) < 4.78 is 0. The van der Waals surface area contributed by atoms with Gasteiger partial charge in [0, 0.05) is 19.0 Å². The van der Waals surface area contributed by atoms with Gasteiger partial charge in [-0.1, -0.05) is 34.1 Å². The maximum atomic E-state index is 12.1. The molecule has 0 N–H and O–H groups in total. The molecule has 0 heterocycles. The van der Waals surface area contributed by atoms with Gasteiger partial charge in [-0.05, 0) is 31.6 Å². The van der Waals surface area contributed by atoms with Gasteiger partial charge in [-0.2, -0.15) is 0 Å². The predicted molar refractivity (Wildman–Crippen MR) is 73.2 cm³/mol. The Morgan fingerprint density at radius 2 is 1.88 bits per heavy atom. The number of carbonyl (C=O) groups excluding carboxylic acids is 1. The average molecular weight is 239 g/mol. The molecule has 0 spiro atoms. The van der Waals surface area contributed by atoms with Crippen molar-refractivity contribution in [1.29, 1.82) is 0 Å². The lowest BCUT2D eigenvalue weighted by atomic mass is 9.90. The summed E-state index contributed by atoms with van der Waals surface area (Å²) in [5.74, 6) is 1.13. The molecule has 0 radical (unpaired) electrons. The van der Waals surface area contributed by atoms with Crippen molar-refractivity contribution in [2.24, 2.45) is 5.92 Å². The zero-order chi connectivity index (χ0) is 12.8. The highest BCUT2D eigenvalue weighted by molar-refractivity contribution is 5.84. The Balaban J connectivity index is 2.75. The first kappa shape index (κ1) is 14.7. The molecule has 1 aliphatic rings. The van der Waals surface area contributed by atoms with Gasteiger partial charge in [0.25, 0.3) is 0 Å². The number of hydrogen-bond acceptors (Lipinski definition) is 2. The lowest BCUT2D eigenvalue weighted by molar-refractivity contribution is -0.127. The summed E-state index contributed by atoms with van der Waals surface area (Å²) in [6, 6.07) is 0.806. The van der Waals surface area contributed by atoms with Gasteiger partial charge in [0.1, 0.15) is 5.78 Å². The van der Waals surface area contributed by atoms with E-state index in [1.54, 1.807) is 0 Å². The van der Waals surface area contributed by atoms with Crippen LogP contribution >= 0.6 is 0 Å². The first-order chi connectivity index (χ1) is 8.10. The first-order valence-corrected chi connectivity index (χ1v) is 7.38. The molecular weight excluding hydrogens is 210 g/mol. The van der Waals surface area contributed by atoms with Crippen LogP contribution in [0.25, 0.3) is 0 Å². The second-order valence-corrected chi connectivity index (χ2v) is 5.79. The second-order valence-electron chi connectivity index (χ2n) is 5.79. The van der Waals surface area contributed by atoms with Crippen LogP contribution in [0, 0.1) is 5.92 Å². The summed E-state index contributed by atoms with van der Waals surface area (Å²) in [5.41, 5.74) is 0. The van der Waals surface area contributed by atoms with Crippen molar-refractivity contribution < 1.29 is 4.79 Å². The summed E-state index contributed by atoms with van der Waals surface area (Å²) >= 11 is 0. The fourth-order valence-corrected chi connectivity index (χ4v) is 3.03. The van der Waals surface area contributed by atoms with Crippen LogP contribution in [0.2, 0.25) is 0 Å². The van der Waals surface area contributed by atoms with Crippen molar-refractivity contribution in [2.45, 2.75) is 78.3 Å². The Kier molecular flexibility index (Phi) is 6.18. The Hall–Kier alpha value is -0.370. The maximum Gasteiger partial charge on any atom is 0.149 e. The molecule has 0 saturated heterocycles. The lowest BCUT2D eigenvalue weighted by Crippen LogP contribution is -2.49. The number of Topliss-reactive ketones (excluding diaryl/α,β-unsaturated/α-hetero) is 1. The summed E-state index contributed by atoms with van der Waals surface area (Å²) in [6.07, 6.45) is 6.54. The van der Waals surface area contributed by atoms with Crippen LogP contribution in [0.1, 0.15) is 66.2 Å². The van der Waals surface area contributed by atoms with Gasteiger partial charge in [0.05, 0.1) is 6.04 Å². The fourth-order valence-electron chi connectivity index (χ4n) is 3.03. The Morgan fingerprint density at radius 1 is 1.24 bits per heavy atom. The monoisotopic (exact) mass is 239 g/mol. The van der Waals surface area contributed by atoms with E-state index in [-0.39, 0.29) is 6.04 Å². The number of hydrogen-bond donors (Lipinski definition) is 0. The molecule has 1 unspecified atom stereocenters. The summed E-state index contributed by atoms with van der Waals surface area (Å²) in [5, 5.41) is 0. The quantitative estimate of drug-likeness (QED) is 0.705. The van der Waals surface area contributed by atoms with Crippen molar-refractivity contribution >= 4 is 5.78 Å². The molecule has 2 nitrogen and oxygen atoms in total. The Morgan fingerprint density at radius 3 is 2.35 bits per heavy atom. The maximum absolute atomic E-state index is 12.1. The van der Waals surface area contributed by atoms with Gasteiger partial charge in [-0.3, -0.25) is 9.69 Å². The van der Waals surface area contributed by atoms with Gasteiger partial charge in [-0.15, -0.1) is 0 Å². The first-order valence-electron chi connectivity index (χ1n) is 7.38. The van der Waals surface area contributed by atoms with Gasteiger partial charge in [0.15, 0.2) is 0 Å². The van der Waals surface area contributed by atoms with Crippen molar-refractivity contribution in [3.05, 3.63) is 0 Å². The van der Waals surface area contributed by atoms with Crippen LogP contribution in [0.3, 0.4) is 0 Å². The summed E-state index contributed by atoms with van der Waals surface area (Å²) in [4.78, 5) is 14.6. The number of carbonyl (C=O) groups is 1. The van der Waals surface area contributed by atoms with E-state index < -0.39 is 0 Å². The molecule has 0 aromatic rings. The number of nitrogens with zero attached hydrogens (tertiary/aromatic N) is 1. The molecule has 0 aromatic heterocycles. The SMILES string of the molecule is CCC(CC)N(CC(C)C)C1CCCCC1=O. The van der Waals surface area contributed by atoms with E-state index in [9.17, 15) is 4.79 Å². The van der Waals surface area contributed by atoms with Crippen LogP contribution in [0.5, 0.6) is 0 Å². The molecule has 100 valence electrons. The van der Waals surface area contributed by atoms with Crippen LogP contribution < -0.4 is 0 Å². The third-order valence-electron chi connectivity index (χ3n) is 3.91. The van der Waals surface area contributed by atoms with E-state index in [1.165, 1.54) is 6.42 Å². The average Bonchev–Trinajstić information content (AvgIpc) is 2.29. The molecule has 1 aliphatic carbocycles. The minimum Gasteiger partial charge on any atom is -0.298 e. The smallest absolute Gasteiger partial charge is 0.149 e. The molecule has 1 rings (SSSR count). The van der Waals surface area contributed by atoms with Crippen molar-refractivity contribution in [2.75, 3.05) is 6.54 Å². The number of ketones is 1. The predicted octanol–water partition coefficient (Wildman–Crippen LogP) is 3.64. The van der Waals surface area contributed by atoms with Crippen LogP contribution in [-0.2, 0) is 4.79 Å². The number of rotatable bonds is 6. The molecule has 0 aliphatic heterocycles. The van der Waals surface area contributed by atoms with Crippen molar-refractivity contribution in [1.82, 2.24) is 4.90 Å². The van der Waals surface area contributed by atoms with Crippen LogP contribution in [-0.4, -0.2) is 29.3 Å². The molecule has 0 amide bonds. The second kappa shape index (κ2) is 7.15. The fraction of sp³-hybridized carbons (Fsp3) is 0.933. The standard InChI is InChI=1S/C15H29NO/c1-5-13(6-2)16(11-12(3)4)14-9-7-8-10-15(14)17/h12-14H,5-11H2,1-4H3. The van der Waals surface area contributed by atoms with E-state index in [0.717, 1.165) is 38.6 Å². The minimum absolute atomic E-state index is 0.219. The molecule has 17 heavy (non-hydrogen) atoms. The highest BCUT2D eigenvalue weighted by Gasteiger charge is 2.31. The highest BCUT2D eigenvalue weighted by Crippen LogP contribution is 2.24. The van der Waals surface area contributed by atoms with Crippen molar-refractivity contribution in [3.8, 4) is 0 Å². The van der Waals surface area contributed by atoms with E-state index in [2.05, 4.69) is 32.6 Å². The van der Waals surface area contributed by atoms with E-state index in [4.69, 9.17) is 0 Å². The molecule has 1 saturated carbocycles. The third-order valence-corrected chi connectivity index (χ3v) is 3.91. The largest absolute Gasteiger partial charge is 0.298 e. The normalized spacial score (nSPS) is 21.8. The Labute approximate surface area is 107 Å². The zero-order valence-corrected chi connectivity index (χ0v) is 12.0. The highest BCUT2D eigenvalue weighted by atomic mass is 16.1. The van der Waals surface area contributed by atoms with Crippen molar-refractivity contribution in [3.63, 3.8) is 0 Å². The lowest BCUT2D eigenvalue weighted by Gasteiger charge is -2.39. The molecule has 1 fully saturated rings. The van der Waals surface area contributed by atoms with E-state index >= 15 is 0 Å². The molecule has 2 heteroatoms. The van der Waals surface area contributed by atoms with Gasteiger partial charge in [-0.25, -0.2) is 0 Å². The topological polar surface area (TPSA) is 20.3 Å². The molecule has 0 aromatic carbocycles. The molecule has 0 bridgehead atoms. The molecular formula is C15H29NO. The zero-order valence-electron chi connectivity index (χ0n) is 12.0. The van der Waals surface area contributed by atoms with Gasteiger partial charge >= 0.3 is 0 Å². The Bertz CT molecular complexity index is 233. The van der Waals surface area contributed by atoms with Crippen LogP contribution in [0.15, 0.2) is 0 Å². The van der Waals surface area contributed by atoms with Crippen LogP contribution in [0.4, 0.5) is 0 Å². The minimum atomic E-state index is 0.219. The summed E-state index contributed by atoms with van der Waals surface area (Å²) in [7, 11) is 0. The van der Waals surface area contributed by atoms with E-state index in [1.807, 2.05) is 0 Å². The summed E-state index contributed by atoms with van der Waals surface area (Å²) in [6.45, 7) is 10.1. The van der Waals surface area contributed by atoms with Gasteiger partial charge in [0.2, 0.25) is 0 Å². The van der Waals surface area contributed by atoms with E-state index in [0.29, 0.717) is 17.7 Å². The molecule has 1 atom stereocenters.